The molecule has 0 spiro atoms. The zero-order valence-electron chi connectivity index (χ0n) is 18.4. The first kappa shape index (κ1) is 24.6. The Labute approximate surface area is 196 Å². The average Bonchev–Trinajstić information content (AvgIpc) is 2.80. The number of hydrogen-bond acceptors (Lipinski definition) is 5. The van der Waals surface area contributed by atoms with Gasteiger partial charge in [0.15, 0.2) is 0 Å². The number of benzene rings is 3. The maximum Gasteiger partial charge on any atom is 0.523 e. The Balaban J connectivity index is 0.000000277. The van der Waals surface area contributed by atoms with Gasteiger partial charge in [-0.2, -0.15) is 26.2 Å². The Morgan fingerprint density at radius 1 is 0.943 bits per heavy atom. The third-order valence-corrected chi connectivity index (χ3v) is 6.43. The molecule has 0 radical (unpaired) electrons. The molecule has 0 amide bonds. The fraction of sp³-hybridized carbons (Fsp3) is 0.174. The van der Waals surface area contributed by atoms with Crippen molar-refractivity contribution in [2.75, 3.05) is 14.2 Å². The van der Waals surface area contributed by atoms with E-state index in [1.54, 1.807) is 12.1 Å². The predicted octanol–water partition coefficient (Wildman–Crippen LogP) is 5.36. The van der Waals surface area contributed by atoms with Crippen molar-refractivity contribution in [3.05, 3.63) is 60.2 Å². The molecule has 1 aliphatic rings. The first-order chi connectivity index (χ1) is 16.4. The lowest BCUT2D eigenvalue weighted by molar-refractivity contribution is -0.632. The Morgan fingerprint density at radius 2 is 1.66 bits per heavy atom. The monoisotopic (exact) mass is 514 g/mol. The Bertz CT molecular complexity index is 1590. The molecule has 35 heavy (non-hydrogen) atoms. The van der Waals surface area contributed by atoms with Gasteiger partial charge in [-0.1, -0.05) is 12.1 Å². The van der Waals surface area contributed by atoms with Crippen LogP contribution in [-0.4, -0.2) is 28.1 Å². The van der Waals surface area contributed by atoms with Gasteiger partial charge in [0.1, 0.15) is 35.9 Å². The third kappa shape index (κ3) is 4.12. The number of halogens is 5. The highest BCUT2D eigenvalue weighted by Gasteiger charge is 2.46. The van der Waals surface area contributed by atoms with Crippen molar-refractivity contribution in [3.63, 3.8) is 0 Å². The number of aromatic nitrogens is 1. The second-order valence-electron chi connectivity index (χ2n) is 7.40. The van der Waals surface area contributed by atoms with Crippen LogP contribution in [0.5, 0.6) is 17.2 Å². The van der Waals surface area contributed by atoms with Gasteiger partial charge in [-0.3, -0.25) is 4.18 Å². The standard InChI is InChI=1S/C21H14F2NO2.C2H3F3O3S/c1-24-16-10-12(25-2)9-15(23)19(16)13-4-3-5-18-20(13)21(24)14-8-11(22)6-7-17(14)26-18;1-8-9(6,7)2(3,4)5/h3-10H,1-2H3;1H3/q+1;. The summed E-state index contributed by atoms with van der Waals surface area (Å²) in [6.07, 6.45) is 0. The lowest BCUT2D eigenvalue weighted by atomic mass is 9.96. The third-order valence-electron chi connectivity index (χ3n) is 5.43. The molecule has 0 fully saturated rings. The van der Waals surface area contributed by atoms with Gasteiger partial charge in [0.25, 0.3) is 0 Å². The van der Waals surface area contributed by atoms with E-state index in [-0.39, 0.29) is 11.6 Å². The predicted molar refractivity (Wildman–Crippen MR) is 117 cm³/mol. The lowest BCUT2D eigenvalue weighted by Crippen LogP contribution is -2.33. The van der Waals surface area contributed by atoms with Crippen LogP contribution in [0.4, 0.5) is 22.0 Å². The van der Waals surface area contributed by atoms with Crippen molar-refractivity contribution in [2.24, 2.45) is 7.05 Å². The summed E-state index contributed by atoms with van der Waals surface area (Å²) in [4.78, 5) is 0. The quantitative estimate of drug-likeness (QED) is 0.104. The molecule has 0 aliphatic carbocycles. The van der Waals surface area contributed by atoms with E-state index in [0.29, 0.717) is 40.8 Å². The molecular weight excluding hydrogens is 497 g/mol. The molecule has 184 valence electrons. The van der Waals surface area contributed by atoms with Crippen molar-refractivity contribution in [1.82, 2.24) is 0 Å². The summed E-state index contributed by atoms with van der Waals surface area (Å²) in [7, 11) is -1.55. The van der Waals surface area contributed by atoms with E-state index < -0.39 is 15.6 Å². The Hall–Kier alpha value is -3.51. The van der Waals surface area contributed by atoms with Crippen molar-refractivity contribution in [1.29, 1.82) is 0 Å². The molecule has 1 aliphatic heterocycles. The summed E-state index contributed by atoms with van der Waals surface area (Å²) < 4.78 is 97.8. The number of pyridine rings is 1. The highest BCUT2D eigenvalue weighted by Crippen LogP contribution is 2.47. The number of rotatable bonds is 2. The average molecular weight is 514 g/mol. The van der Waals surface area contributed by atoms with Gasteiger partial charge < -0.3 is 9.47 Å². The second-order valence-corrected chi connectivity index (χ2v) is 9.10. The molecule has 6 nitrogen and oxygen atoms in total. The highest BCUT2D eigenvalue weighted by atomic mass is 32.2. The molecule has 2 heterocycles. The van der Waals surface area contributed by atoms with E-state index in [1.807, 2.05) is 29.8 Å². The summed E-state index contributed by atoms with van der Waals surface area (Å²) >= 11 is 0. The second kappa shape index (κ2) is 8.61. The fourth-order valence-corrected chi connectivity index (χ4v) is 4.07. The van der Waals surface area contributed by atoms with E-state index in [1.165, 1.54) is 25.3 Å². The number of ether oxygens (including phenoxy) is 2. The van der Waals surface area contributed by atoms with Gasteiger partial charge in [0.2, 0.25) is 11.2 Å². The molecule has 0 saturated carbocycles. The van der Waals surface area contributed by atoms with Crippen LogP contribution in [0, 0.1) is 11.6 Å². The molecule has 0 unspecified atom stereocenters. The van der Waals surface area contributed by atoms with E-state index in [2.05, 4.69) is 4.18 Å². The molecule has 3 aromatic carbocycles. The number of hydrogen-bond donors (Lipinski definition) is 0. The van der Waals surface area contributed by atoms with Crippen molar-refractivity contribution in [3.8, 4) is 28.5 Å². The molecule has 0 saturated heterocycles. The summed E-state index contributed by atoms with van der Waals surface area (Å²) in [6.45, 7) is 0. The van der Waals surface area contributed by atoms with Crippen LogP contribution in [0.15, 0.2) is 48.5 Å². The normalized spacial score (nSPS) is 12.6. The van der Waals surface area contributed by atoms with Gasteiger partial charge in [-0.05, 0) is 24.3 Å². The molecular formula is C23H17F5NO5S+. The van der Waals surface area contributed by atoms with Gasteiger partial charge in [0, 0.05) is 11.5 Å². The molecule has 4 aromatic rings. The number of methoxy groups -OCH3 is 1. The van der Waals surface area contributed by atoms with E-state index in [0.717, 1.165) is 16.5 Å². The number of nitrogens with zero attached hydrogens (tertiary/aromatic N) is 1. The van der Waals surface area contributed by atoms with Gasteiger partial charge >= 0.3 is 15.6 Å². The summed E-state index contributed by atoms with van der Waals surface area (Å²) in [5, 5.41) is 1.97. The summed E-state index contributed by atoms with van der Waals surface area (Å²) in [5.41, 5.74) is -3.21. The van der Waals surface area contributed by atoms with Crippen LogP contribution in [0.2, 0.25) is 0 Å². The molecule has 12 heteroatoms. The van der Waals surface area contributed by atoms with Crippen molar-refractivity contribution < 1.29 is 48.6 Å². The van der Waals surface area contributed by atoms with E-state index >= 15 is 0 Å². The topological polar surface area (TPSA) is 65.7 Å². The van der Waals surface area contributed by atoms with Gasteiger partial charge in [-0.25, -0.2) is 8.78 Å². The molecule has 5 rings (SSSR count). The number of aryl methyl sites for hydroxylation is 1. The van der Waals surface area contributed by atoms with Crippen LogP contribution in [0.1, 0.15) is 0 Å². The first-order valence-electron chi connectivity index (χ1n) is 9.86. The smallest absolute Gasteiger partial charge is 0.496 e. The van der Waals surface area contributed by atoms with Gasteiger partial charge in [-0.15, -0.1) is 0 Å². The van der Waals surface area contributed by atoms with Gasteiger partial charge in [0.05, 0.1) is 36.6 Å². The number of fused-ring (bicyclic) bond motifs is 4. The van der Waals surface area contributed by atoms with Crippen LogP contribution >= 0.6 is 0 Å². The fourth-order valence-electron chi connectivity index (χ4n) is 3.88. The Morgan fingerprint density at radius 3 is 2.26 bits per heavy atom. The largest absolute Gasteiger partial charge is 0.523 e. The highest BCUT2D eigenvalue weighted by molar-refractivity contribution is 7.87. The maximum atomic E-state index is 14.9. The maximum absolute atomic E-state index is 14.9. The molecule has 1 aromatic heterocycles. The molecule has 0 atom stereocenters. The van der Waals surface area contributed by atoms with Crippen LogP contribution in [0.25, 0.3) is 32.9 Å². The zero-order chi connectivity index (χ0) is 25.7. The van der Waals surface area contributed by atoms with E-state index in [9.17, 15) is 30.4 Å². The van der Waals surface area contributed by atoms with Crippen LogP contribution < -0.4 is 14.0 Å². The first-order valence-corrected chi connectivity index (χ1v) is 11.3. The minimum absolute atomic E-state index is 0.350. The molecule has 0 bridgehead atoms. The minimum Gasteiger partial charge on any atom is -0.496 e. The Kier molecular flexibility index (Phi) is 6.05. The van der Waals surface area contributed by atoms with Crippen molar-refractivity contribution in [2.45, 2.75) is 5.51 Å². The van der Waals surface area contributed by atoms with Crippen molar-refractivity contribution >= 4 is 31.8 Å². The SMILES string of the molecule is COS(=O)(=O)C(F)(F)F.COc1cc(F)c2c3cccc4c3c([n+](C)c2c1)-c1cc(F)ccc1O4. The lowest BCUT2D eigenvalue weighted by Gasteiger charge is -2.20. The van der Waals surface area contributed by atoms with E-state index in [4.69, 9.17) is 9.47 Å². The zero-order valence-corrected chi connectivity index (χ0v) is 19.2. The summed E-state index contributed by atoms with van der Waals surface area (Å²) in [6, 6.07) is 13.1. The van der Waals surface area contributed by atoms with Crippen LogP contribution in [0.3, 0.4) is 0 Å². The minimum atomic E-state index is -5.34. The van der Waals surface area contributed by atoms with Crippen LogP contribution in [-0.2, 0) is 21.3 Å². The molecule has 0 N–H and O–H groups in total. The number of alkyl halides is 3. The summed E-state index contributed by atoms with van der Waals surface area (Å²) in [5.74, 6) is 0.911.